The molecule has 1 N–H and O–H groups in total. The fourth-order valence-corrected chi connectivity index (χ4v) is 2.59. The SMILES string of the molecule is C#CCOCC(O)CN1CCN(c2ccc(OC)cc2)CC1. The molecule has 0 spiro atoms. The van der Waals surface area contributed by atoms with Crippen LogP contribution in [0.4, 0.5) is 5.69 Å². The molecule has 1 aliphatic heterocycles. The smallest absolute Gasteiger partial charge is 0.119 e. The number of methoxy groups -OCH3 is 1. The number of β-amino-alcohol motifs (C(OH)–C–C–N with tert-alkyl or cyclic N) is 1. The predicted molar refractivity (Wildman–Crippen MR) is 87.3 cm³/mol. The number of benzene rings is 1. The number of rotatable bonds is 7. The zero-order valence-electron chi connectivity index (χ0n) is 13.1. The van der Waals surface area contributed by atoms with E-state index in [0.29, 0.717) is 13.2 Å². The van der Waals surface area contributed by atoms with Crippen LogP contribution in [0.1, 0.15) is 0 Å². The van der Waals surface area contributed by atoms with Crippen LogP contribution in [0, 0.1) is 12.3 Å². The Morgan fingerprint density at radius 3 is 2.50 bits per heavy atom. The molecule has 1 unspecified atom stereocenters. The molecule has 0 saturated carbocycles. The van der Waals surface area contributed by atoms with Crippen LogP contribution < -0.4 is 9.64 Å². The Hall–Kier alpha value is -1.74. The third-order valence-corrected chi connectivity index (χ3v) is 3.77. The van der Waals surface area contributed by atoms with Crippen molar-refractivity contribution in [3.63, 3.8) is 0 Å². The fourth-order valence-electron chi connectivity index (χ4n) is 2.59. The zero-order valence-corrected chi connectivity index (χ0v) is 13.1. The molecule has 5 nitrogen and oxygen atoms in total. The minimum atomic E-state index is -0.485. The van der Waals surface area contributed by atoms with Crippen molar-refractivity contribution in [1.82, 2.24) is 4.90 Å². The Balaban J connectivity index is 1.74. The van der Waals surface area contributed by atoms with Gasteiger partial charge in [-0.15, -0.1) is 6.42 Å². The van der Waals surface area contributed by atoms with E-state index in [1.807, 2.05) is 12.1 Å². The lowest BCUT2D eigenvalue weighted by molar-refractivity contribution is 0.0267. The molecule has 2 rings (SSSR count). The summed E-state index contributed by atoms with van der Waals surface area (Å²) in [6.07, 6.45) is 4.62. The second kappa shape index (κ2) is 8.64. The standard InChI is InChI=1S/C17H24N2O3/c1-3-12-22-14-16(20)13-18-8-10-19(11-9-18)15-4-6-17(21-2)7-5-15/h1,4-7,16,20H,8-14H2,2H3. The quantitative estimate of drug-likeness (QED) is 0.597. The highest BCUT2D eigenvalue weighted by molar-refractivity contribution is 5.49. The largest absolute Gasteiger partial charge is 0.497 e. The molecule has 1 heterocycles. The Labute approximate surface area is 132 Å². The van der Waals surface area contributed by atoms with E-state index in [9.17, 15) is 5.11 Å². The van der Waals surface area contributed by atoms with Gasteiger partial charge in [0.25, 0.3) is 0 Å². The maximum Gasteiger partial charge on any atom is 0.119 e. The predicted octanol–water partition coefficient (Wildman–Crippen LogP) is 0.828. The minimum absolute atomic E-state index is 0.252. The van der Waals surface area contributed by atoms with Crippen LogP contribution in [0.25, 0.3) is 0 Å². The molecule has 120 valence electrons. The van der Waals surface area contributed by atoms with Crippen molar-refractivity contribution in [2.45, 2.75) is 6.10 Å². The first-order chi connectivity index (χ1) is 10.7. The van der Waals surface area contributed by atoms with Gasteiger partial charge in [0.05, 0.1) is 19.8 Å². The maximum atomic E-state index is 9.91. The molecule has 0 radical (unpaired) electrons. The highest BCUT2D eigenvalue weighted by Gasteiger charge is 2.19. The number of piperazine rings is 1. The van der Waals surface area contributed by atoms with Gasteiger partial charge in [0.1, 0.15) is 12.4 Å². The summed E-state index contributed by atoms with van der Waals surface area (Å²) < 4.78 is 10.3. The number of aliphatic hydroxyl groups is 1. The summed E-state index contributed by atoms with van der Waals surface area (Å²) >= 11 is 0. The lowest BCUT2D eigenvalue weighted by Crippen LogP contribution is -2.49. The van der Waals surface area contributed by atoms with Crippen LogP contribution in [0.2, 0.25) is 0 Å². The summed E-state index contributed by atoms with van der Waals surface area (Å²) in [7, 11) is 1.67. The Morgan fingerprint density at radius 2 is 1.91 bits per heavy atom. The van der Waals surface area contributed by atoms with Gasteiger partial charge in [0.2, 0.25) is 0 Å². The highest BCUT2D eigenvalue weighted by atomic mass is 16.5. The molecule has 1 aromatic carbocycles. The molecule has 0 aromatic heterocycles. The second-order valence-corrected chi connectivity index (χ2v) is 5.36. The molecule has 22 heavy (non-hydrogen) atoms. The van der Waals surface area contributed by atoms with E-state index in [0.717, 1.165) is 31.9 Å². The van der Waals surface area contributed by atoms with Crippen molar-refractivity contribution < 1.29 is 14.6 Å². The van der Waals surface area contributed by atoms with Crippen LogP contribution in [-0.4, -0.2) is 69.2 Å². The molecule has 1 saturated heterocycles. The van der Waals surface area contributed by atoms with E-state index < -0.39 is 6.10 Å². The Bertz CT molecular complexity index is 476. The van der Waals surface area contributed by atoms with Gasteiger partial charge < -0.3 is 19.5 Å². The Kier molecular flexibility index (Phi) is 6.53. The molecule has 0 amide bonds. The summed E-state index contributed by atoms with van der Waals surface area (Å²) in [5.74, 6) is 3.27. The molecule has 1 atom stereocenters. The van der Waals surface area contributed by atoms with Gasteiger partial charge in [0.15, 0.2) is 0 Å². The van der Waals surface area contributed by atoms with Gasteiger partial charge in [-0.3, -0.25) is 4.90 Å². The normalized spacial score (nSPS) is 17.0. The van der Waals surface area contributed by atoms with Crippen molar-refractivity contribution >= 4 is 5.69 Å². The number of hydrogen-bond acceptors (Lipinski definition) is 5. The van der Waals surface area contributed by atoms with E-state index >= 15 is 0 Å². The summed E-state index contributed by atoms with van der Waals surface area (Å²) in [4.78, 5) is 4.60. The third kappa shape index (κ3) is 4.92. The van der Waals surface area contributed by atoms with E-state index in [4.69, 9.17) is 15.9 Å². The monoisotopic (exact) mass is 304 g/mol. The van der Waals surface area contributed by atoms with E-state index in [1.54, 1.807) is 7.11 Å². The number of anilines is 1. The molecule has 1 aliphatic rings. The number of ether oxygens (including phenoxy) is 2. The molecule has 0 aliphatic carbocycles. The Morgan fingerprint density at radius 1 is 1.23 bits per heavy atom. The molecule has 5 heteroatoms. The molecule has 0 bridgehead atoms. The van der Waals surface area contributed by atoms with Gasteiger partial charge in [-0.1, -0.05) is 5.92 Å². The van der Waals surface area contributed by atoms with E-state index in [1.165, 1.54) is 5.69 Å². The molecular weight excluding hydrogens is 280 g/mol. The van der Waals surface area contributed by atoms with Gasteiger partial charge >= 0.3 is 0 Å². The van der Waals surface area contributed by atoms with Crippen LogP contribution in [0.5, 0.6) is 5.75 Å². The number of terminal acetylenes is 1. The summed E-state index contributed by atoms with van der Waals surface area (Å²) in [6.45, 7) is 4.93. The highest BCUT2D eigenvalue weighted by Crippen LogP contribution is 2.20. The van der Waals surface area contributed by atoms with Gasteiger partial charge in [-0.25, -0.2) is 0 Å². The lowest BCUT2D eigenvalue weighted by Gasteiger charge is -2.36. The summed E-state index contributed by atoms with van der Waals surface area (Å²) in [5.41, 5.74) is 1.21. The maximum absolute atomic E-state index is 9.91. The van der Waals surface area contributed by atoms with Crippen molar-refractivity contribution in [2.75, 3.05) is 57.9 Å². The van der Waals surface area contributed by atoms with Crippen molar-refractivity contribution in [3.05, 3.63) is 24.3 Å². The third-order valence-electron chi connectivity index (χ3n) is 3.77. The average Bonchev–Trinajstić information content (AvgIpc) is 2.56. The first kappa shape index (κ1) is 16.6. The van der Waals surface area contributed by atoms with Gasteiger partial charge in [-0.05, 0) is 24.3 Å². The molecule has 1 aromatic rings. The van der Waals surface area contributed by atoms with Crippen LogP contribution in [0.3, 0.4) is 0 Å². The molecule has 1 fully saturated rings. The number of hydrogen-bond donors (Lipinski definition) is 1. The van der Waals surface area contributed by atoms with Crippen LogP contribution in [-0.2, 0) is 4.74 Å². The van der Waals surface area contributed by atoms with E-state index in [2.05, 4.69) is 27.9 Å². The topological polar surface area (TPSA) is 45.2 Å². The lowest BCUT2D eigenvalue weighted by atomic mass is 10.2. The average molecular weight is 304 g/mol. The summed E-state index contributed by atoms with van der Waals surface area (Å²) in [6, 6.07) is 8.12. The molecular formula is C17H24N2O3. The summed E-state index contributed by atoms with van der Waals surface area (Å²) in [5, 5.41) is 9.91. The minimum Gasteiger partial charge on any atom is -0.497 e. The van der Waals surface area contributed by atoms with Crippen LogP contribution >= 0.6 is 0 Å². The first-order valence-electron chi connectivity index (χ1n) is 7.53. The second-order valence-electron chi connectivity index (χ2n) is 5.36. The van der Waals surface area contributed by atoms with Gasteiger partial charge in [-0.2, -0.15) is 0 Å². The first-order valence-corrected chi connectivity index (χ1v) is 7.53. The number of aliphatic hydroxyl groups excluding tert-OH is 1. The zero-order chi connectivity index (χ0) is 15.8. The van der Waals surface area contributed by atoms with Gasteiger partial charge in [0, 0.05) is 38.4 Å². The van der Waals surface area contributed by atoms with Crippen molar-refractivity contribution in [1.29, 1.82) is 0 Å². The van der Waals surface area contributed by atoms with E-state index in [-0.39, 0.29) is 6.61 Å². The van der Waals surface area contributed by atoms with Crippen molar-refractivity contribution in [3.8, 4) is 18.1 Å². The van der Waals surface area contributed by atoms with Crippen LogP contribution in [0.15, 0.2) is 24.3 Å². The number of nitrogens with zero attached hydrogens (tertiary/aromatic N) is 2. The van der Waals surface area contributed by atoms with Crippen molar-refractivity contribution in [2.24, 2.45) is 0 Å². The fraction of sp³-hybridized carbons (Fsp3) is 0.529.